The van der Waals surface area contributed by atoms with Gasteiger partial charge in [0.05, 0.1) is 16.7 Å². The van der Waals surface area contributed by atoms with Gasteiger partial charge >= 0.3 is 0 Å². The van der Waals surface area contributed by atoms with Gasteiger partial charge in [-0.25, -0.2) is 8.42 Å². The molecule has 2 aromatic carbocycles. The van der Waals surface area contributed by atoms with Crippen molar-refractivity contribution in [1.82, 2.24) is 0 Å². The maximum atomic E-state index is 12.3. The van der Waals surface area contributed by atoms with Gasteiger partial charge in [0.2, 0.25) is 0 Å². The van der Waals surface area contributed by atoms with Crippen LogP contribution in [-0.4, -0.2) is 8.42 Å². The average Bonchev–Trinajstić information content (AvgIpc) is 2.38. The smallest absolute Gasteiger partial charge is 0.263 e. The molecule has 102 valence electrons. The standard InChI is InChI=1S/C14H11ClN2O2S/c1-10-3-2-4-12(7-10)17-20(18,19)14-8-11(9-16)5-6-13(14)15/h2-8,17H,1H3. The Kier molecular flexibility index (Phi) is 3.98. The molecule has 4 nitrogen and oxygen atoms in total. The highest BCUT2D eigenvalue weighted by Gasteiger charge is 2.18. The lowest BCUT2D eigenvalue weighted by Crippen LogP contribution is -2.13. The van der Waals surface area contributed by atoms with Crippen molar-refractivity contribution in [2.75, 3.05) is 4.72 Å². The molecule has 0 spiro atoms. The summed E-state index contributed by atoms with van der Waals surface area (Å²) in [4.78, 5) is -0.111. The van der Waals surface area contributed by atoms with Gasteiger partial charge in [-0.1, -0.05) is 23.7 Å². The van der Waals surface area contributed by atoms with E-state index >= 15 is 0 Å². The lowest BCUT2D eigenvalue weighted by Gasteiger charge is -2.10. The Morgan fingerprint density at radius 3 is 2.60 bits per heavy atom. The molecule has 6 heteroatoms. The molecule has 0 radical (unpaired) electrons. The number of nitriles is 1. The minimum Gasteiger partial charge on any atom is -0.280 e. The van der Waals surface area contributed by atoms with Crippen LogP contribution in [0.25, 0.3) is 0 Å². The Bertz CT molecular complexity index is 795. The zero-order valence-corrected chi connectivity index (χ0v) is 12.2. The van der Waals surface area contributed by atoms with E-state index in [2.05, 4.69) is 4.72 Å². The topological polar surface area (TPSA) is 70.0 Å². The number of aryl methyl sites for hydroxylation is 1. The summed E-state index contributed by atoms with van der Waals surface area (Å²) in [7, 11) is -3.83. The number of nitrogens with zero attached hydrogens (tertiary/aromatic N) is 1. The molecule has 0 saturated heterocycles. The van der Waals surface area contributed by atoms with E-state index in [9.17, 15) is 8.42 Å². The van der Waals surface area contributed by atoms with Crippen LogP contribution < -0.4 is 4.72 Å². The maximum Gasteiger partial charge on any atom is 0.263 e. The van der Waals surface area contributed by atoms with Crippen LogP contribution >= 0.6 is 11.6 Å². The second kappa shape index (κ2) is 5.53. The number of nitrogens with one attached hydrogen (secondary N) is 1. The molecule has 20 heavy (non-hydrogen) atoms. The highest BCUT2D eigenvalue weighted by Crippen LogP contribution is 2.25. The summed E-state index contributed by atoms with van der Waals surface area (Å²) < 4.78 is 27.0. The zero-order valence-electron chi connectivity index (χ0n) is 10.6. The molecular weight excluding hydrogens is 296 g/mol. The van der Waals surface area contributed by atoms with E-state index in [0.717, 1.165) is 5.56 Å². The molecule has 0 atom stereocenters. The number of hydrogen-bond acceptors (Lipinski definition) is 3. The highest BCUT2D eigenvalue weighted by molar-refractivity contribution is 7.92. The van der Waals surface area contributed by atoms with E-state index in [1.807, 2.05) is 19.1 Å². The number of hydrogen-bond donors (Lipinski definition) is 1. The third kappa shape index (κ3) is 3.10. The van der Waals surface area contributed by atoms with Crippen LogP contribution in [-0.2, 0) is 10.0 Å². The number of halogens is 1. The number of rotatable bonds is 3. The second-order valence-corrected chi connectivity index (χ2v) is 6.29. The Morgan fingerprint density at radius 1 is 1.20 bits per heavy atom. The second-order valence-electron chi connectivity index (χ2n) is 4.23. The monoisotopic (exact) mass is 306 g/mol. The van der Waals surface area contributed by atoms with Crippen LogP contribution in [0.1, 0.15) is 11.1 Å². The first-order chi connectivity index (χ1) is 9.42. The normalized spacial score (nSPS) is 10.8. The van der Waals surface area contributed by atoms with Crippen LogP contribution in [0.4, 0.5) is 5.69 Å². The molecule has 0 fully saturated rings. The molecule has 2 rings (SSSR count). The molecule has 2 aromatic rings. The number of anilines is 1. The molecule has 0 bridgehead atoms. The van der Waals surface area contributed by atoms with Crippen molar-refractivity contribution in [1.29, 1.82) is 5.26 Å². The summed E-state index contributed by atoms with van der Waals surface area (Å²) in [6, 6.07) is 13.0. The highest BCUT2D eigenvalue weighted by atomic mass is 35.5. The predicted molar refractivity (Wildman–Crippen MR) is 78.2 cm³/mol. The van der Waals surface area contributed by atoms with Gasteiger partial charge in [0, 0.05) is 5.69 Å². The SMILES string of the molecule is Cc1cccc(NS(=O)(=O)c2cc(C#N)ccc2Cl)c1. The van der Waals surface area contributed by atoms with Gasteiger partial charge in [0.1, 0.15) is 4.90 Å². The summed E-state index contributed by atoms with van der Waals surface area (Å²) in [5.41, 5.74) is 1.62. The van der Waals surface area contributed by atoms with E-state index < -0.39 is 10.0 Å². The van der Waals surface area contributed by atoms with E-state index in [1.54, 1.807) is 18.2 Å². The van der Waals surface area contributed by atoms with Gasteiger partial charge < -0.3 is 0 Å². The fourth-order valence-electron chi connectivity index (χ4n) is 1.70. The summed E-state index contributed by atoms with van der Waals surface area (Å²) >= 11 is 5.91. The van der Waals surface area contributed by atoms with E-state index in [-0.39, 0.29) is 15.5 Å². The molecule has 0 aliphatic heterocycles. The number of benzene rings is 2. The lowest BCUT2D eigenvalue weighted by molar-refractivity contribution is 0.601. The Balaban J connectivity index is 2.43. The van der Waals surface area contributed by atoms with Crippen LogP contribution in [0.3, 0.4) is 0 Å². The molecule has 0 saturated carbocycles. The fourth-order valence-corrected chi connectivity index (χ4v) is 3.27. The first-order valence-corrected chi connectivity index (χ1v) is 7.57. The molecule has 0 aliphatic rings. The first-order valence-electron chi connectivity index (χ1n) is 5.71. The van der Waals surface area contributed by atoms with Gasteiger partial charge in [-0.05, 0) is 42.8 Å². The van der Waals surface area contributed by atoms with Crippen molar-refractivity contribution >= 4 is 27.3 Å². The number of sulfonamides is 1. The summed E-state index contributed by atoms with van der Waals surface area (Å²) in [6.07, 6.45) is 0. The minimum absolute atomic E-state index is 0.0733. The zero-order chi connectivity index (χ0) is 14.8. The van der Waals surface area contributed by atoms with Gasteiger partial charge in [0.25, 0.3) is 10.0 Å². The van der Waals surface area contributed by atoms with Crippen molar-refractivity contribution in [3.05, 3.63) is 58.6 Å². The summed E-state index contributed by atoms with van der Waals surface area (Å²) in [5.74, 6) is 0. The van der Waals surface area contributed by atoms with Crippen molar-refractivity contribution in [3.63, 3.8) is 0 Å². The van der Waals surface area contributed by atoms with Crippen molar-refractivity contribution in [2.24, 2.45) is 0 Å². The van der Waals surface area contributed by atoms with Crippen molar-refractivity contribution in [3.8, 4) is 6.07 Å². The van der Waals surface area contributed by atoms with E-state index in [1.165, 1.54) is 18.2 Å². The average molecular weight is 307 g/mol. The molecule has 0 amide bonds. The lowest BCUT2D eigenvalue weighted by atomic mass is 10.2. The van der Waals surface area contributed by atoms with Crippen LogP contribution in [0.5, 0.6) is 0 Å². The van der Waals surface area contributed by atoms with Gasteiger partial charge in [-0.2, -0.15) is 5.26 Å². The van der Waals surface area contributed by atoms with Crippen LogP contribution in [0.15, 0.2) is 47.4 Å². The Labute approximate surface area is 122 Å². The van der Waals surface area contributed by atoms with Gasteiger partial charge in [-0.3, -0.25) is 4.72 Å². The van der Waals surface area contributed by atoms with Gasteiger partial charge in [-0.15, -0.1) is 0 Å². The predicted octanol–water partition coefficient (Wildman–Crippen LogP) is 3.32. The largest absolute Gasteiger partial charge is 0.280 e. The van der Waals surface area contributed by atoms with E-state index in [4.69, 9.17) is 16.9 Å². The molecule has 0 aliphatic carbocycles. The first kappa shape index (κ1) is 14.4. The Morgan fingerprint density at radius 2 is 1.95 bits per heavy atom. The molecule has 1 N–H and O–H groups in total. The molecule has 0 unspecified atom stereocenters. The summed E-state index contributed by atoms with van der Waals surface area (Å²) in [5, 5.41) is 8.91. The third-order valence-corrected chi connectivity index (χ3v) is 4.48. The third-order valence-electron chi connectivity index (χ3n) is 2.62. The Hall–Kier alpha value is -2.03. The van der Waals surface area contributed by atoms with E-state index in [0.29, 0.717) is 5.69 Å². The van der Waals surface area contributed by atoms with Crippen LogP contribution in [0, 0.1) is 18.3 Å². The van der Waals surface area contributed by atoms with Crippen molar-refractivity contribution < 1.29 is 8.42 Å². The fraction of sp³-hybridized carbons (Fsp3) is 0.0714. The summed E-state index contributed by atoms with van der Waals surface area (Å²) in [6.45, 7) is 1.86. The minimum atomic E-state index is -3.83. The molecule has 0 aromatic heterocycles. The van der Waals surface area contributed by atoms with Crippen LogP contribution in [0.2, 0.25) is 5.02 Å². The van der Waals surface area contributed by atoms with Crippen molar-refractivity contribution in [2.45, 2.75) is 11.8 Å². The van der Waals surface area contributed by atoms with Gasteiger partial charge in [0.15, 0.2) is 0 Å². The molecular formula is C14H11ClN2O2S. The maximum absolute atomic E-state index is 12.3. The quantitative estimate of drug-likeness (QED) is 0.945. The molecule has 0 heterocycles.